The van der Waals surface area contributed by atoms with E-state index in [4.69, 9.17) is 34.4 Å². The lowest BCUT2D eigenvalue weighted by molar-refractivity contribution is -0.214. The molecule has 1 aliphatic carbocycles. The van der Waals surface area contributed by atoms with Gasteiger partial charge in [0, 0.05) is 13.1 Å². The molecular formula is C33H60N2O10. The molecule has 1 saturated carbocycles. The molecule has 0 bridgehead atoms. The fourth-order valence-electron chi connectivity index (χ4n) is 4.59. The number of ether oxygens (including phenoxy) is 4. The third kappa shape index (κ3) is 24.3. The summed E-state index contributed by atoms with van der Waals surface area (Å²) in [5.41, 5.74) is 0.142. The summed E-state index contributed by atoms with van der Waals surface area (Å²) in [6.45, 7) is 13.1. The zero-order valence-corrected chi connectivity index (χ0v) is 28.6. The highest BCUT2D eigenvalue weighted by Crippen LogP contribution is 2.30. The van der Waals surface area contributed by atoms with Gasteiger partial charge in [-0.3, -0.25) is 5.26 Å². The largest absolute Gasteiger partial charge is 0.491 e. The Balaban J connectivity index is 0.000000791. The minimum atomic E-state index is -0.477. The van der Waals surface area contributed by atoms with Gasteiger partial charge in [0.25, 0.3) is 0 Å². The van der Waals surface area contributed by atoms with Crippen molar-refractivity contribution >= 4 is 12.2 Å². The molecule has 2 unspecified atom stereocenters. The fourth-order valence-corrected chi connectivity index (χ4v) is 4.59. The van der Waals surface area contributed by atoms with Crippen LogP contribution < -0.4 is 15.4 Å². The molecule has 2 amide bonds. The molecule has 262 valence electrons. The van der Waals surface area contributed by atoms with Gasteiger partial charge in [0.15, 0.2) is 0 Å². The molecule has 2 atom stereocenters. The van der Waals surface area contributed by atoms with Crippen molar-refractivity contribution in [3.8, 4) is 5.75 Å². The second kappa shape index (κ2) is 24.6. The van der Waals surface area contributed by atoms with E-state index in [2.05, 4.69) is 15.5 Å². The van der Waals surface area contributed by atoms with E-state index in [0.717, 1.165) is 43.4 Å². The first-order chi connectivity index (χ1) is 21.3. The highest BCUT2D eigenvalue weighted by molar-refractivity contribution is 5.67. The van der Waals surface area contributed by atoms with Crippen LogP contribution in [0.4, 0.5) is 9.59 Å². The number of aryl methyl sites for hydroxylation is 1. The van der Waals surface area contributed by atoms with Crippen molar-refractivity contribution in [3.05, 3.63) is 29.8 Å². The Hall–Kier alpha value is -2.64. The zero-order valence-electron chi connectivity index (χ0n) is 28.6. The summed E-state index contributed by atoms with van der Waals surface area (Å²) in [4.78, 5) is 26.3. The molecule has 2 rings (SSSR count). The fraction of sp³-hybridized carbons (Fsp3) is 0.758. The standard InChI is InChI=1S/C16H31NO4.C16H25NO4.CH4O2/c2*1-16(2,3)21-15(19)17-10-6-8-13-7-4-5-9-14(13)20-12-11-18;1-3-2/h13-14,18H,4-12H2,1-3H3,(H,17,19);4-5,7,9,18H,6,8,10-12H2,1-3H3,(H,17,19);2H,1H3. The second-order valence-corrected chi connectivity index (χ2v) is 12.6. The maximum Gasteiger partial charge on any atom is 0.407 e. The third-order valence-electron chi connectivity index (χ3n) is 6.30. The molecular weight excluding hydrogens is 584 g/mol. The van der Waals surface area contributed by atoms with E-state index >= 15 is 0 Å². The smallest absolute Gasteiger partial charge is 0.407 e. The van der Waals surface area contributed by atoms with E-state index < -0.39 is 17.3 Å². The average Bonchev–Trinajstić information content (AvgIpc) is 2.95. The van der Waals surface area contributed by atoms with Gasteiger partial charge >= 0.3 is 12.2 Å². The van der Waals surface area contributed by atoms with Gasteiger partial charge in [0.2, 0.25) is 0 Å². The first-order valence-corrected chi connectivity index (χ1v) is 15.9. The van der Waals surface area contributed by atoms with E-state index in [1.54, 1.807) is 0 Å². The molecule has 0 spiro atoms. The van der Waals surface area contributed by atoms with E-state index in [1.807, 2.05) is 65.8 Å². The van der Waals surface area contributed by atoms with Crippen LogP contribution >= 0.6 is 0 Å². The van der Waals surface area contributed by atoms with Crippen LogP contribution in [0.1, 0.15) is 92.1 Å². The molecule has 12 nitrogen and oxygen atoms in total. The van der Waals surface area contributed by atoms with Crippen LogP contribution in [0.25, 0.3) is 0 Å². The monoisotopic (exact) mass is 644 g/mol. The molecule has 45 heavy (non-hydrogen) atoms. The van der Waals surface area contributed by atoms with Crippen molar-refractivity contribution in [1.29, 1.82) is 0 Å². The number of rotatable bonds is 14. The summed E-state index contributed by atoms with van der Waals surface area (Å²) < 4.78 is 21.6. The normalized spacial score (nSPS) is 16.2. The summed E-state index contributed by atoms with van der Waals surface area (Å²) in [5.74, 6) is 1.33. The molecule has 0 aromatic heterocycles. The van der Waals surface area contributed by atoms with E-state index in [9.17, 15) is 9.59 Å². The van der Waals surface area contributed by atoms with Gasteiger partial charge in [-0.05, 0) is 97.6 Å². The Kier molecular flexibility index (Phi) is 23.1. The van der Waals surface area contributed by atoms with Gasteiger partial charge in [-0.25, -0.2) is 14.5 Å². The number of alkyl carbamates (subject to hydrolysis) is 2. The minimum Gasteiger partial charge on any atom is -0.491 e. The van der Waals surface area contributed by atoms with Gasteiger partial charge in [-0.15, -0.1) is 0 Å². The SMILES string of the molecule is CC(C)(C)OC(=O)NCCCC1CCCCC1OCCO.CC(C)(C)OC(=O)NCCCc1ccccc1OCCO.COO. The Morgan fingerprint density at radius 2 is 1.38 bits per heavy atom. The number of hydrogen-bond acceptors (Lipinski definition) is 10. The van der Waals surface area contributed by atoms with Crippen LogP contribution in [0, 0.1) is 5.92 Å². The Labute approximate surface area is 270 Å². The van der Waals surface area contributed by atoms with E-state index in [-0.39, 0.29) is 32.0 Å². The van der Waals surface area contributed by atoms with Crippen LogP contribution in [0.15, 0.2) is 24.3 Å². The number of para-hydroxylation sites is 1. The predicted molar refractivity (Wildman–Crippen MR) is 173 cm³/mol. The van der Waals surface area contributed by atoms with Crippen molar-refractivity contribution in [3.63, 3.8) is 0 Å². The summed E-state index contributed by atoms with van der Waals surface area (Å²) in [6, 6.07) is 7.71. The number of benzene rings is 1. The molecule has 1 fully saturated rings. The molecule has 1 aromatic rings. The van der Waals surface area contributed by atoms with Gasteiger partial charge < -0.3 is 39.8 Å². The van der Waals surface area contributed by atoms with Crippen molar-refractivity contribution in [2.24, 2.45) is 5.92 Å². The van der Waals surface area contributed by atoms with Crippen LogP contribution in [0.3, 0.4) is 0 Å². The number of amides is 2. The number of carbonyl (C=O) groups is 2. The predicted octanol–water partition coefficient (Wildman–Crippen LogP) is 5.48. The Bertz CT molecular complexity index is 902. The Morgan fingerprint density at radius 1 is 0.844 bits per heavy atom. The van der Waals surface area contributed by atoms with E-state index in [0.29, 0.717) is 25.6 Å². The summed E-state index contributed by atoms with van der Waals surface area (Å²) in [5, 5.41) is 30.3. The van der Waals surface area contributed by atoms with Gasteiger partial charge in [0.05, 0.1) is 33.0 Å². The van der Waals surface area contributed by atoms with Crippen LogP contribution in [0.2, 0.25) is 0 Å². The first-order valence-electron chi connectivity index (χ1n) is 15.9. The maximum atomic E-state index is 11.5. The Morgan fingerprint density at radius 3 is 1.93 bits per heavy atom. The molecule has 0 saturated heterocycles. The van der Waals surface area contributed by atoms with Crippen LogP contribution in [0.5, 0.6) is 5.75 Å². The van der Waals surface area contributed by atoms with Crippen molar-refractivity contribution < 1.29 is 48.9 Å². The van der Waals surface area contributed by atoms with Crippen LogP contribution in [-0.4, -0.2) is 91.6 Å². The second-order valence-electron chi connectivity index (χ2n) is 12.6. The van der Waals surface area contributed by atoms with Crippen LogP contribution in [-0.2, 0) is 25.5 Å². The third-order valence-corrected chi connectivity index (χ3v) is 6.30. The van der Waals surface area contributed by atoms with Gasteiger partial charge in [0.1, 0.15) is 23.6 Å². The van der Waals surface area contributed by atoms with Gasteiger partial charge in [-0.2, -0.15) is 0 Å². The molecule has 5 N–H and O–H groups in total. The van der Waals surface area contributed by atoms with Crippen molar-refractivity contribution in [2.75, 3.05) is 46.6 Å². The molecule has 1 aliphatic rings. The lowest BCUT2D eigenvalue weighted by atomic mass is 9.83. The van der Waals surface area contributed by atoms with Crippen molar-refractivity contribution in [2.45, 2.75) is 110 Å². The van der Waals surface area contributed by atoms with Crippen molar-refractivity contribution in [1.82, 2.24) is 10.6 Å². The van der Waals surface area contributed by atoms with E-state index in [1.165, 1.54) is 26.4 Å². The number of hydrogen-bond donors (Lipinski definition) is 5. The summed E-state index contributed by atoms with van der Waals surface area (Å²) >= 11 is 0. The molecule has 0 aliphatic heterocycles. The lowest BCUT2D eigenvalue weighted by Gasteiger charge is -2.31. The average molecular weight is 645 g/mol. The first kappa shape index (κ1) is 42.4. The topological polar surface area (TPSA) is 165 Å². The highest BCUT2D eigenvalue weighted by atomic mass is 17.1. The maximum absolute atomic E-state index is 11.5. The molecule has 0 radical (unpaired) electrons. The number of aliphatic hydroxyl groups is 2. The molecule has 0 heterocycles. The number of aliphatic hydroxyl groups excluding tert-OH is 2. The summed E-state index contributed by atoms with van der Waals surface area (Å²) in [6.07, 6.45) is 7.82. The summed E-state index contributed by atoms with van der Waals surface area (Å²) in [7, 11) is 1.18. The quantitative estimate of drug-likeness (QED) is 0.0995. The lowest BCUT2D eigenvalue weighted by Crippen LogP contribution is -2.34. The number of carbonyl (C=O) groups excluding carboxylic acids is 2. The zero-order chi connectivity index (χ0) is 34.1. The highest BCUT2D eigenvalue weighted by Gasteiger charge is 2.25. The number of nitrogens with one attached hydrogen (secondary N) is 2. The minimum absolute atomic E-state index is 0.00542. The molecule has 12 heteroatoms. The molecule has 1 aromatic carbocycles. The van der Waals surface area contributed by atoms with Gasteiger partial charge in [-0.1, -0.05) is 31.0 Å².